The number of carboxylic acid groups (broad SMARTS) is 2. The Balaban J connectivity index is 1.66. The van der Waals surface area contributed by atoms with Crippen molar-refractivity contribution in [1.82, 2.24) is 0 Å². The van der Waals surface area contributed by atoms with Crippen molar-refractivity contribution in [2.75, 3.05) is 14.2 Å². The van der Waals surface area contributed by atoms with Crippen molar-refractivity contribution in [2.24, 2.45) is 11.8 Å². The van der Waals surface area contributed by atoms with Gasteiger partial charge in [-0.15, -0.1) is 0 Å². The number of hydrogen-bond acceptors (Lipinski definition) is 4. The maximum absolute atomic E-state index is 11.6. The number of unbranched alkanes of at least 4 members (excludes halogenated alkanes) is 4. The zero-order chi connectivity index (χ0) is 24.1. The second-order valence-electron chi connectivity index (χ2n) is 8.52. The molecule has 2 rings (SSSR count). The summed E-state index contributed by atoms with van der Waals surface area (Å²) in [5.74, 6) is -0.764. The van der Waals surface area contributed by atoms with Crippen LogP contribution in [0.25, 0.3) is 0 Å². The van der Waals surface area contributed by atoms with Crippen molar-refractivity contribution in [3.05, 3.63) is 59.7 Å². The molecule has 0 aliphatic heterocycles. The predicted molar refractivity (Wildman–Crippen MR) is 128 cm³/mol. The summed E-state index contributed by atoms with van der Waals surface area (Å²) in [6.45, 7) is 0. The molecule has 2 aromatic carbocycles. The summed E-state index contributed by atoms with van der Waals surface area (Å²) in [6.07, 6.45) is 6.97. The second kappa shape index (κ2) is 14.2. The summed E-state index contributed by atoms with van der Waals surface area (Å²) in [5, 5.41) is 19.1. The van der Waals surface area contributed by atoms with Crippen LogP contribution in [-0.2, 0) is 22.4 Å². The Kier molecular flexibility index (Phi) is 11.3. The number of carbonyl (C=O) groups is 2. The van der Waals surface area contributed by atoms with E-state index >= 15 is 0 Å². The van der Waals surface area contributed by atoms with Gasteiger partial charge in [-0.3, -0.25) is 9.59 Å². The van der Waals surface area contributed by atoms with Crippen LogP contribution in [0.5, 0.6) is 11.5 Å². The van der Waals surface area contributed by atoms with Gasteiger partial charge in [-0.1, -0.05) is 56.4 Å². The van der Waals surface area contributed by atoms with Crippen LogP contribution in [0.1, 0.15) is 56.1 Å². The average molecular weight is 457 g/mol. The first kappa shape index (κ1) is 26.2. The maximum Gasteiger partial charge on any atom is 0.306 e. The minimum atomic E-state index is -0.756. The van der Waals surface area contributed by atoms with Crippen LogP contribution in [0.2, 0.25) is 0 Å². The number of hydrogen-bond donors (Lipinski definition) is 2. The molecule has 0 radical (unpaired) electrons. The summed E-state index contributed by atoms with van der Waals surface area (Å²) in [6, 6.07) is 15.1. The van der Waals surface area contributed by atoms with E-state index in [0.717, 1.165) is 54.7 Å². The lowest BCUT2D eigenvalue weighted by atomic mass is 9.92. The van der Waals surface area contributed by atoms with Crippen molar-refractivity contribution in [3.8, 4) is 11.5 Å². The van der Waals surface area contributed by atoms with E-state index in [1.54, 1.807) is 14.2 Å². The van der Waals surface area contributed by atoms with Gasteiger partial charge in [-0.05, 0) is 61.1 Å². The molecular weight excluding hydrogens is 420 g/mol. The third-order valence-corrected chi connectivity index (χ3v) is 6.09. The molecule has 0 fully saturated rings. The average Bonchev–Trinajstić information content (AvgIpc) is 2.82. The number of rotatable bonds is 16. The maximum atomic E-state index is 11.6. The third kappa shape index (κ3) is 9.56. The standard InChI is InChI=1S/C27H36O6/c1-32-24-14-10-20(11-15-24)18-22(26(28)29)8-6-4-3-5-7-9-23(27(30)31)19-21-12-16-25(33-2)17-13-21/h10-17,22-23H,3-9,18-19H2,1-2H3,(H,28,29)(H,30,31). The van der Waals surface area contributed by atoms with E-state index in [2.05, 4.69) is 0 Å². The quantitative estimate of drug-likeness (QED) is 0.318. The highest BCUT2D eigenvalue weighted by Gasteiger charge is 2.19. The van der Waals surface area contributed by atoms with E-state index in [0.29, 0.717) is 25.7 Å². The second-order valence-corrected chi connectivity index (χ2v) is 8.52. The van der Waals surface area contributed by atoms with Gasteiger partial charge in [0.1, 0.15) is 11.5 Å². The van der Waals surface area contributed by atoms with Gasteiger partial charge < -0.3 is 19.7 Å². The first-order valence-electron chi connectivity index (χ1n) is 11.6. The smallest absolute Gasteiger partial charge is 0.306 e. The Labute approximate surface area is 196 Å². The molecule has 2 atom stereocenters. The van der Waals surface area contributed by atoms with Gasteiger partial charge in [-0.2, -0.15) is 0 Å². The van der Waals surface area contributed by atoms with E-state index in [-0.39, 0.29) is 11.8 Å². The Bertz CT molecular complexity index is 772. The van der Waals surface area contributed by atoms with Crippen LogP contribution in [0.4, 0.5) is 0 Å². The fourth-order valence-corrected chi connectivity index (χ4v) is 4.03. The first-order valence-corrected chi connectivity index (χ1v) is 11.6. The number of methoxy groups -OCH3 is 2. The van der Waals surface area contributed by atoms with Gasteiger partial charge in [0, 0.05) is 0 Å². The van der Waals surface area contributed by atoms with Gasteiger partial charge >= 0.3 is 11.9 Å². The minimum Gasteiger partial charge on any atom is -0.497 e. The molecule has 0 spiro atoms. The molecule has 0 saturated carbocycles. The van der Waals surface area contributed by atoms with Crippen molar-refractivity contribution in [2.45, 2.75) is 57.8 Å². The van der Waals surface area contributed by atoms with Gasteiger partial charge in [0.2, 0.25) is 0 Å². The monoisotopic (exact) mass is 456 g/mol. The third-order valence-electron chi connectivity index (χ3n) is 6.09. The van der Waals surface area contributed by atoms with Crippen LogP contribution in [0, 0.1) is 11.8 Å². The van der Waals surface area contributed by atoms with Crippen LogP contribution in [0.3, 0.4) is 0 Å². The molecule has 0 amide bonds. The Morgan fingerprint density at radius 2 is 0.970 bits per heavy atom. The molecule has 33 heavy (non-hydrogen) atoms. The molecular formula is C27H36O6. The van der Waals surface area contributed by atoms with E-state index in [4.69, 9.17) is 9.47 Å². The van der Waals surface area contributed by atoms with Gasteiger partial charge in [-0.25, -0.2) is 0 Å². The number of benzene rings is 2. The molecule has 0 aliphatic rings. The summed E-state index contributed by atoms with van der Waals surface area (Å²) in [4.78, 5) is 23.3. The molecule has 6 nitrogen and oxygen atoms in total. The first-order chi connectivity index (χ1) is 15.9. The highest BCUT2D eigenvalue weighted by Crippen LogP contribution is 2.22. The van der Waals surface area contributed by atoms with Crippen LogP contribution in [-0.4, -0.2) is 36.4 Å². The zero-order valence-electron chi connectivity index (χ0n) is 19.7. The lowest BCUT2D eigenvalue weighted by Gasteiger charge is -2.14. The molecule has 0 bridgehead atoms. The van der Waals surface area contributed by atoms with Crippen molar-refractivity contribution < 1.29 is 29.3 Å². The lowest BCUT2D eigenvalue weighted by molar-refractivity contribution is -0.142. The van der Waals surface area contributed by atoms with Gasteiger partial charge in [0.05, 0.1) is 26.1 Å². The summed E-state index contributed by atoms with van der Waals surface area (Å²) in [7, 11) is 3.22. The predicted octanol–water partition coefficient (Wildman–Crippen LogP) is 5.62. The van der Waals surface area contributed by atoms with Crippen LogP contribution < -0.4 is 9.47 Å². The van der Waals surface area contributed by atoms with E-state index in [1.165, 1.54) is 0 Å². The van der Waals surface area contributed by atoms with Crippen molar-refractivity contribution in [3.63, 3.8) is 0 Å². The van der Waals surface area contributed by atoms with Gasteiger partial charge in [0.15, 0.2) is 0 Å². The number of ether oxygens (including phenoxy) is 2. The van der Waals surface area contributed by atoms with Crippen molar-refractivity contribution in [1.29, 1.82) is 0 Å². The molecule has 2 unspecified atom stereocenters. The summed E-state index contributed by atoms with van der Waals surface area (Å²) < 4.78 is 10.3. The Hall–Kier alpha value is -3.02. The zero-order valence-corrected chi connectivity index (χ0v) is 19.7. The van der Waals surface area contributed by atoms with Crippen LogP contribution in [0.15, 0.2) is 48.5 Å². The SMILES string of the molecule is COc1ccc(CC(CCCCCCCC(Cc2ccc(OC)cc2)C(=O)O)C(=O)O)cc1. The highest BCUT2D eigenvalue weighted by atomic mass is 16.5. The topological polar surface area (TPSA) is 93.1 Å². The lowest BCUT2D eigenvalue weighted by Crippen LogP contribution is -2.16. The Morgan fingerprint density at radius 3 is 1.27 bits per heavy atom. The summed E-state index contributed by atoms with van der Waals surface area (Å²) in [5.41, 5.74) is 2.00. The molecule has 0 saturated heterocycles. The fraction of sp³-hybridized carbons (Fsp3) is 0.481. The molecule has 180 valence electrons. The Morgan fingerprint density at radius 1 is 0.636 bits per heavy atom. The number of carboxylic acids is 2. The molecule has 6 heteroatoms. The minimum absolute atomic E-state index is 0.390. The van der Waals surface area contributed by atoms with E-state index in [1.807, 2.05) is 48.5 Å². The van der Waals surface area contributed by atoms with Crippen molar-refractivity contribution >= 4 is 11.9 Å². The largest absolute Gasteiger partial charge is 0.497 e. The molecule has 0 heterocycles. The summed E-state index contributed by atoms with van der Waals surface area (Å²) >= 11 is 0. The molecule has 0 aromatic heterocycles. The molecule has 2 N–H and O–H groups in total. The van der Waals surface area contributed by atoms with Crippen LogP contribution >= 0.6 is 0 Å². The molecule has 0 aliphatic carbocycles. The number of aliphatic carboxylic acids is 2. The highest BCUT2D eigenvalue weighted by molar-refractivity contribution is 5.70. The molecule has 2 aromatic rings. The van der Waals surface area contributed by atoms with Gasteiger partial charge in [0.25, 0.3) is 0 Å². The normalized spacial score (nSPS) is 12.7. The fourth-order valence-electron chi connectivity index (χ4n) is 4.03. The van der Waals surface area contributed by atoms with E-state index in [9.17, 15) is 19.8 Å². The van der Waals surface area contributed by atoms with E-state index < -0.39 is 11.9 Å².